The molecule has 2 rings (SSSR count). The van der Waals surface area contributed by atoms with Crippen LogP contribution in [0.2, 0.25) is 0 Å². The Bertz CT molecular complexity index is 369. The lowest BCUT2D eigenvalue weighted by molar-refractivity contribution is 0.466. The SMILES string of the molecule is CN1CCCN=C1Nc1ccc(CN)cc1. The van der Waals surface area contributed by atoms with E-state index in [-0.39, 0.29) is 0 Å². The van der Waals surface area contributed by atoms with Crippen LogP contribution in [-0.2, 0) is 6.54 Å². The van der Waals surface area contributed by atoms with Crippen LogP contribution in [0.5, 0.6) is 0 Å². The first-order valence-corrected chi connectivity index (χ1v) is 5.61. The highest BCUT2D eigenvalue weighted by molar-refractivity contribution is 5.93. The summed E-state index contributed by atoms with van der Waals surface area (Å²) in [4.78, 5) is 6.59. The van der Waals surface area contributed by atoms with E-state index in [0.29, 0.717) is 6.54 Å². The van der Waals surface area contributed by atoms with E-state index in [1.807, 2.05) is 24.3 Å². The monoisotopic (exact) mass is 218 g/mol. The fraction of sp³-hybridized carbons (Fsp3) is 0.417. The minimum Gasteiger partial charge on any atom is -0.346 e. The number of rotatable bonds is 2. The van der Waals surface area contributed by atoms with Gasteiger partial charge in [0.05, 0.1) is 0 Å². The highest BCUT2D eigenvalue weighted by Gasteiger charge is 2.10. The predicted octanol–water partition coefficient (Wildman–Crippen LogP) is 1.25. The summed E-state index contributed by atoms with van der Waals surface area (Å²) in [6, 6.07) is 8.14. The minimum atomic E-state index is 0.584. The number of nitrogens with two attached hydrogens (primary N) is 1. The highest BCUT2D eigenvalue weighted by atomic mass is 15.3. The molecule has 1 aromatic carbocycles. The molecule has 3 N–H and O–H groups in total. The summed E-state index contributed by atoms with van der Waals surface area (Å²) in [7, 11) is 2.05. The molecular weight excluding hydrogens is 200 g/mol. The van der Waals surface area contributed by atoms with E-state index in [1.54, 1.807) is 0 Å². The van der Waals surface area contributed by atoms with Gasteiger partial charge >= 0.3 is 0 Å². The van der Waals surface area contributed by atoms with Crippen LogP contribution in [0.3, 0.4) is 0 Å². The third-order valence-electron chi connectivity index (χ3n) is 2.72. The zero-order chi connectivity index (χ0) is 11.4. The summed E-state index contributed by atoms with van der Waals surface area (Å²) in [5, 5.41) is 3.32. The Morgan fingerprint density at radius 1 is 1.38 bits per heavy atom. The second-order valence-corrected chi connectivity index (χ2v) is 4.01. The number of hydrogen-bond donors (Lipinski definition) is 2. The van der Waals surface area contributed by atoms with Gasteiger partial charge in [-0.15, -0.1) is 0 Å². The molecule has 0 radical (unpaired) electrons. The number of nitrogens with zero attached hydrogens (tertiary/aromatic N) is 2. The Labute approximate surface area is 96.2 Å². The minimum absolute atomic E-state index is 0.584. The van der Waals surface area contributed by atoms with Gasteiger partial charge in [0.1, 0.15) is 0 Å². The first-order valence-electron chi connectivity index (χ1n) is 5.61. The van der Waals surface area contributed by atoms with E-state index in [9.17, 15) is 0 Å². The quantitative estimate of drug-likeness (QED) is 0.785. The predicted molar refractivity (Wildman–Crippen MR) is 67.5 cm³/mol. The average Bonchev–Trinajstić information content (AvgIpc) is 2.33. The molecule has 1 aromatic rings. The molecule has 0 aromatic heterocycles. The van der Waals surface area contributed by atoms with Crippen molar-refractivity contribution < 1.29 is 0 Å². The summed E-state index contributed by atoms with van der Waals surface area (Å²) in [6.45, 7) is 2.56. The molecule has 0 unspecified atom stereocenters. The third-order valence-corrected chi connectivity index (χ3v) is 2.72. The van der Waals surface area contributed by atoms with E-state index in [4.69, 9.17) is 5.73 Å². The number of hydrogen-bond acceptors (Lipinski definition) is 4. The lowest BCUT2D eigenvalue weighted by Gasteiger charge is -2.25. The number of guanidine groups is 1. The first kappa shape index (κ1) is 11.0. The fourth-order valence-electron chi connectivity index (χ4n) is 1.71. The number of aliphatic imine (C=N–C) groups is 1. The van der Waals surface area contributed by atoms with E-state index in [2.05, 4.69) is 22.3 Å². The van der Waals surface area contributed by atoms with Crippen molar-refractivity contribution in [2.75, 3.05) is 25.5 Å². The zero-order valence-electron chi connectivity index (χ0n) is 9.61. The maximum absolute atomic E-state index is 5.55. The smallest absolute Gasteiger partial charge is 0.198 e. The van der Waals surface area contributed by atoms with E-state index in [0.717, 1.165) is 36.7 Å². The van der Waals surface area contributed by atoms with Gasteiger partial charge in [-0.25, -0.2) is 0 Å². The molecule has 0 aliphatic carbocycles. The number of nitrogens with one attached hydrogen (secondary N) is 1. The van der Waals surface area contributed by atoms with Crippen molar-refractivity contribution in [3.8, 4) is 0 Å². The lowest BCUT2D eigenvalue weighted by atomic mass is 10.2. The van der Waals surface area contributed by atoms with Crippen LogP contribution in [0, 0.1) is 0 Å². The second kappa shape index (κ2) is 4.99. The van der Waals surface area contributed by atoms with Crippen molar-refractivity contribution in [1.82, 2.24) is 4.90 Å². The van der Waals surface area contributed by atoms with Gasteiger partial charge in [0.15, 0.2) is 5.96 Å². The fourth-order valence-corrected chi connectivity index (χ4v) is 1.71. The molecule has 16 heavy (non-hydrogen) atoms. The van der Waals surface area contributed by atoms with Gasteiger partial charge in [0.2, 0.25) is 0 Å². The Balaban J connectivity index is 2.05. The molecule has 0 amide bonds. The van der Waals surface area contributed by atoms with Crippen molar-refractivity contribution in [2.45, 2.75) is 13.0 Å². The third kappa shape index (κ3) is 2.52. The van der Waals surface area contributed by atoms with Gasteiger partial charge in [-0.2, -0.15) is 0 Å². The Morgan fingerprint density at radius 2 is 2.12 bits per heavy atom. The van der Waals surface area contributed by atoms with Crippen LogP contribution in [0.4, 0.5) is 5.69 Å². The summed E-state index contributed by atoms with van der Waals surface area (Å²) in [5.41, 5.74) is 7.76. The zero-order valence-corrected chi connectivity index (χ0v) is 9.61. The van der Waals surface area contributed by atoms with Crippen molar-refractivity contribution in [3.63, 3.8) is 0 Å². The van der Waals surface area contributed by atoms with E-state index < -0.39 is 0 Å². The van der Waals surface area contributed by atoms with Gasteiger partial charge < -0.3 is 16.0 Å². The molecule has 0 bridgehead atoms. The van der Waals surface area contributed by atoms with Crippen molar-refractivity contribution >= 4 is 11.6 Å². The maximum atomic E-state index is 5.55. The summed E-state index contributed by atoms with van der Waals surface area (Å²) in [6.07, 6.45) is 1.13. The van der Waals surface area contributed by atoms with Crippen LogP contribution >= 0.6 is 0 Å². The summed E-state index contributed by atoms with van der Waals surface area (Å²) in [5.74, 6) is 0.951. The molecule has 0 saturated heterocycles. The molecule has 0 fully saturated rings. The molecule has 4 nitrogen and oxygen atoms in total. The molecule has 86 valence electrons. The van der Waals surface area contributed by atoms with E-state index in [1.165, 1.54) is 0 Å². The number of anilines is 1. The standard InChI is InChI=1S/C12H18N4/c1-16-8-2-7-14-12(16)15-11-5-3-10(9-13)4-6-11/h3-6H,2,7-9,13H2,1H3,(H,14,15). The van der Waals surface area contributed by atoms with Gasteiger partial charge in [-0.1, -0.05) is 12.1 Å². The molecule has 1 aliphatic heterocycles. The Hall–Kier alpha value is -1.55. The van der Waals surface area contributed by atoms with Gasteiger partial charge in [0.25, 0.3) is 0 Å². The Kier molecular flexibility index (Phi) is 3.41. The van der Waals surface area contributed by atoms with Gasteiger partial charge in [-0.3, -0.25) is 4.99 Å². The second-order valence-electron chi connectivity index (χ2n) is 4.01. The maximum Gasteiger partial charge on any atom is 0.198 e. The van der Waals surface area contributed by atoms with Crippen LogP contribution in [-0.4, -0.2) is 31.0 Å². The molecule has 1 aliphatic rings. The topological polar surface area (TPSA) is 53.6 Å². The summed E-state index contributed by atoms with van der Waals surface area (Å²) >= 11 is 0. The van der Waals surface area contributed by atoms with Gasteiger partial charge in [0, 0.05) is 32.4 Å². The van der Waals surface area contributed by atoms with Crippen LogP contribution < -0.4 is 11.1 Å². The van der Waals surface area contributed by atoms with E-state index >= 15 is 0 Å². The van der Waals surface area contributed by atoms with Gasteiger partial charge in [-0.05, 0) is 24.1 Å². The van der Waals surface area contributed by atoms with Crippen molar-refractivity contribution in [2.24, 2.45) is 10.7 Å². The van der Waals surface area contributed by atoms with Crippen LogP contribution in [0.1, 0.15) is 12.0 Å². The van der Waals surface area contributed by atoms with Crippen LogP contribution in [0.15, 0.2) is 29.3 Å². The Morgan fingerprint density at radius 3 is 2.75 bits per heavy atom. The highest BCUT2D eigenvalue weighted by Crippen LogP contribution is 2.11. The average molecular weight is 218 g/mol. The molecule has 0 atom stereocenters. The first-order chi connectivity index (χ1) is 7.79. The molecule has 0 spiro atoms. The normalized spacial score (nSPS) is 15.9. The molecule has 4 heteroatoms. The summed E-state index contributed by atoms with van der Waals surface area (Å²) < 4.78 is 0. The van der Waals surface area contributed by atoms with Crippen LogP contribution in [0.25, 0.3) is 0 Å². The lowest BCUT2D eigenvalue weighted by Crippen LogP contribution is -2.37. The molecule has 0 saturated carbocycles. The number of benzene rings is 1. The molecule has 1 heterocycles. The largest absolute Gasteiger partial charge is 0.346 e. The molecular formula is C12H18N4. The van der Waals surface area contributed by atoms with Crippen molar-refractivity contribution in [1.29, 1.82) is 0 Å². The van der Waals surface area contributed by atoms with Crippen molar-refractivity contribution in [3.05, 3.63) is 29.8 Å².